The highest BCUT2D eigenvalue weighted by Crippen LogP contribution is 2.22. The normalized spacial score (nSPS) is 12.2. The van der Waals surface area contributed by atoms with E-state index in [1.165, 1.54) is 10.7 Å². The number of hydrogen-bond acceptors (Lipinski definition) is 6. The maximum absolute atomic E-state index is 11.4. The number of rotatable bonds is 4. The first kappa shape index (κ1) is 13.0. The van der Waals surface area contributed by atoms with E-state index in [0.717, 1.165) is 6.39 Å². The van der Waals surface area contributed by atoms with E-state index in [9.17, 15) is 9.90 Å². The van der Waals surface area contributed by atoms with Gasteiger partial charge < -0.3 is 9.52 Å². The van der Waals surface area contributed by atoms with Crippen molar-refractivity contribution in [1.82, 2.24) is 25.0 Å². The van der Waals surface area contributed by atoms with Crippen molar-refractivity contribution in [2.24, 2.45) is 0 Å². The summed E-state index contributed by atoms with van der Waals surface area (Å²) in [5.41, 5.74) is 1.05. The van der Waals surface area contributed by atoms with Gasteiger partial charge >= 0.3 is 5.97 Å². The summed E-state index contributed by atoms with van der Waals surface area (Å²) >= 11 is 0. The Morgan fingerprint density at radius 2 is 2.29 bits per heavy atom. The zero-order valence-electron chi connectivity index (χ0n) is 11.0. The number of pyridine rings is 1. The van der Waals surface area contributed by atoms with Gasteiger partial charge in [0.2, 0.25) is 6.39 Å². The van der Waals surface area contributed by atoms with Gasteiger partial charge in [-0.3, -0.25) is 4.98 Å². The van der Waals surface area contributed by atoms with Gasteiger partial charge in [0.25, 0.3) is 5.89 Å². The Hall–Kier alpha value is -3.03. The lowest BCUT2D eigenvalue weighted by molar-refractivity contribution is 0.0682. The number of nitrogens with zero attached hydrogens (tertiary/aromatic N) is 5. The van der Waals surface area contributed by atoms with E-state index in [2.05, 4.69) is 20.3 Å². The van der Waals surface area contributed by atoms with E-state index < -0.39 is 5.97 Å². The minimum Gasteiger partial charge on any atom is -0.477 e. The number of carboxylic acid groups (broad SMARTS) is 1. The van der Waals surface area contributed by atoms with E-state index >= 15 is 0 Å². The second kappa shape index (κ2) is 5.16. The molecule has 1 atom stereocenters. The lowest BCUT2D eigenvalue weighted by atomic mass is 10.2. The van der Waals surface area contributed by atoms with Crippen molar-refractivity contribution in [2.75, 3.05) is 0 Å². The van der Waals surface area contributed by atoms with Gasteiger partial charge in [-0.2, -0.15) is 5.10 Å². The number of hydrogen-bond donors (Lipinski definition) is 1. The van der Waals surface area contributed by atoms with Crippen molar-refractivity contribution in [1.29, 1.82) is 0 Å². The molecule has 3 rings (SSSR count). The van der Waals surface area contributed by atoms with Crippen LogP contribution in [0.15, 0.2) is 41.3 Å². The van der Waals surface area contributed by atoms with Crippen LogP contribution in [0, 0.1) is 0 Å². The number of aromatic nitrogens is 5. The van der Waals surface area contributed by atoms with Gasteiger partial charge in [0.05, 0.1) is 11.7 Å². The monoisotopic (exact) mass is 285 g/mol. The summed E-state index contributed by atoms with van der Waals surface area (Å²) in [6, 6.07) is 6.50. The molecule has 0 fully saturated rings. The van der Waals surface area contributed by atoms with Crippen LogP contribution in [0.4, 0.5) is 0 Å². The molecule has 3 aromatic heterocycles. The molecule has 0 aliphatic carbocycles. The average molecular weight is 285 g/mol. The second-order valence-electron chi connectivity index (χ2n) is 4.34. The van der Waals surface area contributed by atoms with Crippen molar-refractivity contribution in [3.63, 3.8) is 0 Å². The highest BCUT2D eigenvalue weighted by atomic mass is 16.4. The van der Waals surface area contributed by atoms with Crippen molar-refractivity contribution in [2.45, 2.75) is 13.0 Å². The van der Waals surface area contributed by atoms with E-state index in [-0.39, 0.29) is 17.6 Å². The van der Waals surface area contributed by atoms with E-state index in [4.69, 9.17) is 4.42 Å². The summed E-state index contributed by atoms with van der Waals surface area (Å²) in [4.78, 5) is 15.6. The summed E-state index contributed by atoms with van der Waals surface area (Å²) in [7, 11) is 0. The van der Waals surface area contributed by atoms with Crippen LogP contribution in [0.2, 0.25) is 0 Å². The lowest BCUT2D eigenvalue weighted by Gasteiger charge is -2.13. The number of carboxylic acids is 1. The molecule has 21 heavy (non-hydrogen) atoms. The Bertz CT molecular complexity index is 751. The fourth-order valence-electron chi connectivity index (χ4n) is 1.99. The Morgan fingerprint density at radius 3 is 2.90 bits per heavy atom. The molecule has 0 saturated carbocycles. The zero-order valence-corrected chi connectivity index (χ0v) is 11.0. The van der Waals surface area contributed by atoms with Crippen LogP contribution >= 0.6 is 0 Å². The minimum atomic E-state index is -1.09. The highest BCUT2D eigenvalue weighted by molar-refractivity contribution is 5.87. The highest BCUT2D eigenvalue weighted by Gasteiger charge is 2.22. The molecule has 0 saturated heterocycles. The summed E-state index contributed by atoms with van der Waals surface area (Å²) in [6.07, 6.45) is 2.81. The molecule has 1 N–H and O–H groups in total. The first-order valence-corrected chi connectivity index (χ1v) is 6.17. The molecule has 1 unspecified atom stereocenters. The predicted octanol–water partition coefficient (Wildman–Crippen LogP) is 1.64. The zero-order chi connectivity index (χ0) is 14.8. The van der Waals surface area contributed by atoms with Crippen molar-refractivity contribution >= 4 is 5.97 Å². The third-order valence-corrected chi connectivity index (χ3v) is 3.02. The Kier molecular flexibility index (Phi) is 3.19. The SMILES string of the molecule is CC(c1ccccn1)n1nc(-c2nnco2)cc1C(=O)O. The van der Waals surface area contributed by atoms with Gasteiger partial charge in [-0.25, -0.2) is 9.48 Å². The molecular formula is C13H11N5O3. The largest absolute Gasteiger partial charge is 0.477 e. The molecule has 3 aromatic rings. The van der Waals surface area contributed by atoms with Crippen LogP contribution in [0.5, 0.6) is 0 Å². The van der Waals surface area contributed by atoms with Crippen LogP contribution in [0.25, 0.3) is 11.6 Å². The third kappa shape index (κ3) is 2.38. The van der Waals surface area contributed by atoms with Gasteiger partial charge in [0.1, 0.15) is 5.69 Å². The Balaban J connectivity index is 2.07. The summed E-state index contributed by atoms with van der Waals surface area (Å²) in [6.45, 7) is 1.82. The van der Waals surface area contributed by atoms with Crippen molar-refractivity contribution < 1.29 is 14.3 Å². The average Bonchev–Trinajstić information content (AvgIpc) is 3.16. The van der Waals surface area contributed by atoms with Gasteiger partial charge in [0.15, 0.2) is 5.69 Å². The van der Waals surface area contributed by atoms with E-state index in [1.54, 1.807) is 12.3 Å². The molecule has 0 aliphatic rings. The van der Waals surface area contributed by atoms with Gasteiger partial charge in [0, 0.05) is 12.3 Å². The fourth-order valence-corrected chi connectivity index (χ4v) is 1.99. The first-order chi connectivity index (χ1) is 10.2. The molecule has 8 nitrogen and oxygen atoms in total. The topological polar surface area (TPSA) is 107 Å². The predicted molar refractivity (Wildman–Crippen MR) is 70.5 cm³/mol. The molecule has 0 aliphatic heterocycles. The van der Waals surface area contributed by atoms with Crippen LogP contribution in [-0.2, 0) is 0 Å². The molecule has 0 amide bonds. The lowest BCUT2D eigenvalue weighted by Crippen LogP contribution is -2.16. The smallest absolute Gasteiger partial charge is 0.354 e. The molecule has 0 radical (unpaired) electrons. The van der Waals surface area contributed by atoms with Gasteiger partial charge in [-0.1, -0.05) is 6.07 Å². The quantitative estimate of drug-likeness (QED) is 0.776. The summed E-state index contributed by atoms with van der Waals surface area (Å²) in [5, 5.41) is 20.9. The van der Waals surface area contributed by atoms with Crippen molar-refractivity contribution in [3.8, 4) is 11.6 Å². The molecular weight excluding hydrogens is 274 g/mol. The van der Waals surface area contributed by atoms with E-state index in [0.29, 0.717) is 11.4 Å². The fraction of sp³-hybridized carbons (Fsp3) is 0.154. The molecule has 8 heteroatoms. The molecule has 0 bridgehead atoms. The Morgan fingerprint density at radius 1 is 1.43 bits per heavy atom. The molecule has 0 aromatic carbocycles. The van der Waals surface area contributed by atoms with Crippen molar-refractivity contribution in [3.05, 3.63) is 48.2 Å². The maximum Gasteiger partial charge on any atom is 0.354 e. The standard InChI is InChI=1S/C13H11N5O3/c1-8(9-4-2-3-5-14-9)18-11(13(19)20)6-10(17-18)12-16-15-7-21-12/h2-8H,1H3,(H,19,20). The van der Waals surface area contributed by atoms with Crippen LogP contribution in [0.3, 0.4) is 0 Å². The van der Waals surface area contributed by atoms with Crippen LogP contribution < -0.4 is 0 Å². The van der Waals surface area contributed by atoms with E-state index in [1.807, 2.05) is 19.1 Å². The number of aromatic carboxylic acids is 1. The van der Waals surface area contributed by atoms with Gasteiger partial charge in [-0.05, 0) is 19.1 Å². The number of carbonyl (C=O) groups is 1. The first-order valence-electron chi connectivity index (χ1n) is 6.17. The third-order valence-electron chi connectivity index (χ3n) is 3.02. The molecule has 3 heterocycles. The molecule has 0 spiro atoms. The van der Waals surface area contributed by atoms with Crippen LogP contribution in [0.1, 0.15) is 29.1 Å². The molecule has 106 valence electrons. The van der Waals surface area contributed by atoms with Gasteiger partial charge in [-0.15, -0.1) is 10.2 Å². The summed E-state index contributed by atoms with van der Waals surface area (Å²) < 4.78 is 6.43. The second-order valence-corrected chi connectivity index (χ2v) is 4.34. The van der Waals surface area contributed by atoms with Crippen LogP contribution in [-0.4, -0.2) is 36.0 Å². The maximum atomic E-state index is 11.4. The minimum absolute atomic E-state index is 0.0290. The Labute approximate surface area is 119 Å². The summed E-state index contributed by atoms with van der Waals surface area (Å²) in [5.74, 6) is -0.916.